The van der Waals surface area contributed by atoms with Crippen molar-refractivity contribution in [1.29, 1.82) is 0 Å². The number of benzene rings is 2. The highest BCUT2D eigenvalue weighted by Crippen LogP contribution is 2.23. The summed E-state index contributed by atoms with van der Waals surface area (Å²) in [6, 6.07) is 13.3. The summed E-state index contributed by atoms with van der Waals surface area (Å²) in [6.07, 6.45) is 0. The molecule has 0 saturated carbocycles. The monoisotopic (exact) mass is 355 g/mol. The number of nitrogens with zero attached hydrogens (tertiary/aromatic N) is 2. The molecule has 0 aliphatic carbocycles. The number of amides is 3. The Bertz CT molecular complexity index is 788. The number of hydrogen-bond acceptors (Lipinski definition) is 2. The lowest BCUT2D eigenvalue weighted by Gasteiger charge is -2.19. The van der Waals surface area contributed by atoms with Crippen LogP contribution in [-0.4, -0.2) is 36.5 Å². The number of urea groups is 1. The molecule has 0 unspecified atom stereocenters. The van der Waals surface area contributed by atoms with Crippen molar-refractivity contribution >= 4 is 23.3 Å². The maximum atomic E-state index is 12.9. The molecule has 1 aliphatic rings. The number of nitrogens with one attached hydrogen (secondary N) is 1. The van der Waals surface area contributed by atoms with Gasteiger partial charge < -0.3 is 10.2 Å². The summed E-state index contributed by atoms with van der Waals surface area (Å²) in [7, 11) is 0. The molecule has 136 valence electrons. The molecule has 0 bridgehead atoms. The van der Waals surface area contributed by atoms with Gasteiger partial charge in [-0.05, 0) is 47.9 Å². The highest BCUT2D eigenvalue weighted by atomic mass is 19.1. The quantitative estimate of drug-likeness (QED) is 0.886. The van der Waals surface area contributed by atoms with Gasteiger partial charge in [0, 0.05) is 24.5 Å². The fourth-order valence-corrected chi connectivity index (χ4v) is 2.92. The van der Waals surface area contributed by atoms with E-state index in [9.17, 15) is 14.0 Å². The molecule has 3 amide bonds. The van der Waals surface area contributed by atoms with E-state index in [1.807, 2.05) is 24.3 Å². The zero-order valence-electron chi connectivity index (χ0n) is 14.9. The highest BCUT2D eigenvalue weighted by Gasteiger charge is 2.30. The molecule has 6 heteroatoms. The van der Waals surface area contributed by atoms with Crippen molar-refractivity contribution in [1.82, 2.24) is 4.90 Å². The molecule has 0 radical (unpaired) electrons. The van der Waals surface area contributed by atoms with Crippen molar-refractivity contribution in [3.8, 4) is 0 Å². The Balaban J connectivity index is 1.59. The number of rotatable bonds is 5. The molecule has 0 atom stereocenters. The fourth-order valence-electron chi connectivity index (χ4n) is 2.92. The van der Waals surface area contributed by atoms with Gasteiger partial charge in [-0.15, -0.1) is 0 Å². The first-order chi connectivity index (χ1) is 12.4. The third-order valence-corrected chi connectivity index (χ3v) is 4.43. The highest BCUT2D eigenvalue weighted by molar-refractivity contribution is 5.99. The van der Waals surface area contributed by atoms with Gasteiger partial charge in [-0.25, -0.2) is 9.18 Å². The van der Waals surface area contributed by atoms with Crippen molar-refractivity contribution in [3.05, 3.63) is 59.9 Å². The molecule has 5 nitrogen and oxygen atoms in total. The summed E-state index contributed by atoms with van der Waals surface area (Å²) in [5.41, 5.74) is 2.56. The van der Waals surface area contributed by atoms with E-state index in [1.165, 1.54) is 34.7 Å². The van der Waals surface area contributed by atoms with Crippen LogP contribution in [0, 0.1) is 5.82 Å². The molecular weight excluding hydrogens is 333 g/mol. The Morgan fingerprint density at radius 1 is 1.08 bits per heavy atom. The second-order valence-electron chi connectivity index (χ2n) is 6.66. The lowest BCUT2D eigenvalue weighted by atomic mass is 10.0. The van der Waals surface area contributed by atoms with Crippen LogP contribution in [0.15, 0.2) is 48.5 Å². The number of halogens is 1. The summed E-state index contributed by atoms with van der Waals surface area (Å²) < 4.78 is 12.9. The molecular formula is C20H22FN3O2. The summed E-state index contributed by atoms with van der Waals surface area (Å²) >= 11 is 0. The van der Waals surface area contributed by atoms with Crippen molar-refractivity contribution in [2.45, 2.75) is 19.8 Å². The van der Waals surface area contributed by atoms with Crippen LogP contribution >= 0.6 is 0 Å². The van der Waals surface area contributed by atoms with Crippen molar-refractivity contribution in [2.75, 3.05) is 29.9 Å². The van der Waals surface area contributed by atoms with Crippen LogP contribution in [0.4, 0.5) is 20.6 Å². The van der Waals surface area contributed by atoms with Gasteiger partial charge in [0.25, 0.3) is 0 Å². The van der Waals surface area contributed by atoms with Gasteiger partial charge in [-0.3, -0.25) is 9.69 Å². The standard InChI is InChI=1S/C20H22FN3O2/c1-14(2)15-3-9-18(10-4-15)24-12-11-23(20(24)26)13-19(25)22-17-7-5-16(21)6-8-17/h3-10,14H,11-13H2,1-2H3,(H,22,25). The Morgan fingerprint density at radius 2 is 1.73 bits per heavy atom. The van der Waals surface area contributed by atoms with Crippen molar-refractivity contribution < 1.29 is 14.0 Å². The zero-order chi connectivity index (χ0) is 18.7. The van der Waals surface area contributed by atoms with Gasteiger partial charge in [0.2, 0.25) is 5.91 Å². The second kappa shape index (κ2) is 7.56. The molecule has 26 heavy (non-hydrogen) atoms. The van der Waals surface area contributed by atoms with Crippen molar-refractivity contribution in [2.24, 2.45) is 0 Å². The zero-order valence-corrected chi connectivity index (χ0v) is 14.9. The molecule has 2 aromatic carbocycles. The van der Waals surface area contributed by atoms with Gasteiger partial charge in [-0.2, -0.15) is 0 Å². The molecule has 1 heterocycles. The third kappa shape index (κ3) is 4.02. The van der Waals surface area contributed by atoms with E-state index < -0.39 is 0 Å². The number of carbonyl (C=O) groups excluding carboxylic acids is 2. The van der Waals surface area contributed by atoms with Gasteiger partial charge >= 0.3 is 6.03 Å². The Hall–Kier alpha value is -2.89. The topological polar surface area (TPSA) is 52.6 Å². The third-order valence-electron chi connectivity index (χ3n) is 4.43. The fraction of sp³-hybridized carbons (Fsp3) is 0.300. The summed E-state index contributed by atoms with van der Waals surface area (Å²) in [6.45, 7) is 5.25. The van der Waals surface area contributed by atoms with Crippen LogP contribution in [0.5, 0.6) is 0 Å². The average molecular weight is 355 g/mol. The number of anilines is 2. The maximum Gasteiger partial charge on any atom is 0.325 e. The van der Waals surface area contributed by atoms with E-state index in [0.717, 1.165) is 5.69 Å². The summed E-state index contributed by atoms with van der Waals surface area (Å²) in [5.74, 6) is -0.233. The van der Waals surface area contributed by atoms with E-state index in [1.54, 1.807) is 4.90 Å². The van der Waals surface area contributed by atoms with Crippen LogP contribution in [0.3, 0.4) is 0 Å². The largest absolute Gasteiger partial charge is 0.325 e. The van der Waals surface area contributed by atoms with Crippen LogP contribution in [0.25, 0.3) is 0 Å². The SMILES string of the molecule is CC(C)c1ccc(N2CCN(CC(=O)Nc3ccc(F)cc3)C2=O)cc1. The predicted octanol–water partition coefficient (Wildman–Crippen LogP) is 3.83. The van der Waals surface area contributed by atoms with E-state index in [2.05, 4.69) is 19.2 Å². The Labute approximate surface area is 152 Å². The van der Waals surface area contributed by atoms with E-state index >= 15 is 0 Å². The summed E-state index contributed by atoms with van der Waals surface area (Å²) in [4.78, 5) is 27.9. The number of hydrogen-bond donors (Lipinski definition) is 1. The molecule has 2 aromatic rings. The van der Waals surface area contributed by atoms with Gasteiger partial charge in [0.1, 0.15) is 12.4 Å². The Kier molecular flexibility index (Phi) is 5.21. The normalized spacial score (nSPS) is 14.2. The van der Waals surface area contributed by atoms with Crippen LogP contribution in [-0.2, 0) is 4.79 Å². The maximum absolute atomic E-state index is 12.9. The minimum absolute atomic E-state index is 0.0310. The first-order valence-electron chi connectivity index (χ1n) is 8.66. The molecule has 1 saturated heterocycles. The minimum Gasteiger partial charge on any atom is -0.325 e. The predicted molar refractivity (Wildman–Crippen MR) is 99.9 cm³/mol. The molecule has 1 aliphatic heterocycles. The van der Waals surface area contributed by atoms with Crippen molar-refractivity contribution in [3.63, 3.8) is 0 Å². The van der Waals surface area contributed by atoms with E-state index in [0.29, 0.717) is 24.7 Å². The van der Waals surface area contributed by atoms with E-state index in [4.69, 9.17) is 0 Å². The molecule has 1 fully saturated rings. The van der Waals surface area contributed by atoms with Crippen LogP contribution in [0.1, 0.15) is 25.3 Å². The van der Waals surface area contributed by atoms with Crippen LogP contribution in [0.2, 0.25) is 0 Å². The van der Waals surface area contributed by atoms with Gasteiger partial charge in [0.15, 0.2) is 0 Å². The first-order valence-corrected chi connectivity index (χ1v) is 8.66. The first kappa shape index (κ1) is 17.9. The van der Waals surface area contributed by atoms with E-state index in [-0.39, 0.29) is 24.3 Å². The average Bonchev–Trinajstić information content (AvgIpc) is 2.97. The van der Waals surface area contributed by atoms with Gasteiger partial charge in [0.05, 0.1) is 0 Å². The van der Waals surface area contributed by atoms with Gasteiger partial charge in [-0.1, -0.05) is 26.0 Å². The second-order valence-corrected chi connectivity index (χ2v) is 6.66. The lowest BCUT2D eigenvalue weighted by molar-refractivity contribution is -0.116. The molecule has 3 rings (SSSR count). The Morgan fingerprint density at radius 3 is 2.35 bits per heavy atom. The lowest BCUT2D eigenvalue weighted by Crippen LogP contribution is -2.37. The van der Waals surface area contributed by atoms with Crippen LogP contribution < -0.4 is 10.2 Å². The summed E-state index contributed by atoms with van der Waals surface area (Å²) in [5, 5.41) is 2.67. The molecule has 0 aromatic heterocycles. The minimum atomic E-state index is -0.364. The molecule has 0 spiro atoms. The molecule has 1 N–H and O–H groups in total. The number of carbonyl (C=O) groups is 2. The smallest absolute Gasteiger partial charge is 0.325 e.